The predicted molar refractivity (Wildman–Crippen MR) is 132 cm³/mol. The first-order valence-corrected chi connectivity index (χ1v) is 11.6. The number of nitrogens with zero attached hydrogens (tertiary/aromatic N) is 1. The van der Waals surface area contributed by atoms with Gasteiger partial charge in [0.1, 0.15) is 0 Å². The molecule has 0 N–H and O–H groups in total. The van der Waals surface area contributed by atoms with Crippen molar-refractivity contribution in [2.24, 2.45) is 0 Å². The fraction of sp³-hybridized carbons (Fsp3) is 0.174. The molecule has 0 saturated carbocycles. The molecule has 3 aromatic rings. The predicted octanol–water partition coefficient (Wildman–Crippen LogP) is 4.71. The van der Waals surface area contributed by atoms with Crippen LogP contribution in [-0.4, -0.2) is 36.2 Å². The van der Waals surface area contributed by atoms with Gasteiger partial charge in [-0.05, 0) is 52.0 Å². The van der Waals surface area contributed by atoms with E-state index < -0.39 is 0 Å². The first-order valence-electron chi connectivity index (χ1n) is 9.38. The average Bonchev–Trinajstić information content (AvgIpc) is 2.74. The summed E-state index contributed by atoms with van der Waals surface area (Å²) in [6.45, 7) is 1.53. The summed E-state index contributed by atoms with van der Waals surface area (Å²) in [5, 5.41) is 1.18. The highest BCUT2D eigenvalue weighted by Gasteiger charge is 2.14. The molecule has 0 aliphatic rings. The third-order valence-electron chi connectivity index (χ3n) is 4.68. The van der Waals surface area contributed by atoms with Crippen molar-refractivity contribution >= 4 is 38.9 Å². The van der Waals surface area contributed by atoms with E-state index in [1.54, 1.807) is 0 Å². The van der Waals surface area contributed by atoms with Gasteiger partial charge in [-0.3, -0.25) is 4.79 Å². The maximum absolute atomic E-state index is 12.7. The molecule has 5 heteroatoms. The number of hydrogen-bond donors (Lipinski definition) is 0. The number of hydrogen-bond acceptors (Lipinski definition) is 1. The van der Waals surface area contributed by atoms with Gasteiger partial charge >= 0.3 is 0 Å². The summed E-state index contributed by atoms with van der Waals surface area (Å²) >= 11 is 0. The number of rotatable bonds is 7. The Hall–Kier alpha value is -1.58. The molecule has 0 bridgehead atoms. The van der Waals surface area contributed by atoms with Gasteiger partial charge in [-0.25, -0.2) is 0 Å². The van der Waals surface area contributed by atoms with E-state index in [0.29, 0.717) is 0 Å². The SMILES string of the molecule is O=C(c1ccc(-c2ccc(-c3ccc(P)cc3)cc2)cc1)N(CCP)CCP. The molecule has 28 heavy (non-hydrogen) atoms. The normalized spacial score (nSPS) is 10.7. The Morgan fingerprint density at radius 2 is 1.00 bits per heavy atom. The summed E-state index contributed by atoms with van der Waals surface area (Å²) < 4.78 is 0. The Labute approximate surface area is 174 Å². The fourth-order valence-electron chi connectivity index (χ4n) is 3.15. The van der Waals surface area contributed by atoms with E-state index in [2.05, 4.69) is 76.3 Å². The van der Waals surface area contributed by atoms with Gasteiger partial charge in [-0.2, -0.15) is 0 Å². The van der Waals surface area contributed by atoms with Gasteiger partial charge in [0.2, 0.25) is 0 Å². The molecule has 144 valence electrons. The maximum Gasteiger partial charge on any atom is 0.253 e. The van der Waals surface area contributed by atoms with Gasteiger partial charge in [0.15, 0.2) is 0 Å². The second-order valence-corrected chi connectivity index (χ2v) is 8.47. The number of carbonyl (C=O) groups excluding carboxylic acids is 1. The van der Waals surface area contributed by atoms with E-state index in [0.717, 1.165) is 42.1 Å². The molecular formula is C23H26NOP3. The van der Waals surface area contributed by atoms with E-state index in [4.69, 9.17) is 0 Å². The second-order valence-electron chi connectivity index (χ2n) is 6.65. The lowest BCUT2D eigenvalue weighted by Gasteiger charge is -2.21. The van der Waals surface area contributed by atoms with Crippen LogP contribution in [0.4, 0.5) is 0 Å². The lowest BCUT2D eigenvalue weighted by atomic mass is 9.99. The molecule has 3 unspecified atom stereocenters. The van der Waals surface area contributed by atoms with E-state index in [-0.39, 0.29) is 5.91 Å². The molecule has 0 aromatic heterocycles. The van der Waals surface area contributed by atoms with Crippen molar-refractivity contribution in [1.82, 2.24) is 4.90 Å². The highest BCUT2D eigenvalue weighted by Crippen LogP contribution is 2.25. The molecule has 0 fully saturated rings. The largest absolute Gasteiger partial charge is 0.338 e. The Bertz CT molecular complexity index is 900. The van der Waals surface area contributed by atoms with Crippen molar-refractivity contribution in [2.75, 3.05) is 25.4 Å². The van der Waals surface area contributed by atoms with Crippen molar-refractivity contribution in [2.45, 2.75) is 0 Å². The summed E-state index contributed by atoms with van der Waals surface area (Å²) in [7, 11) is 8.09. The minimum atomic E-state index is 0.101. The van der Waals surface area contributed by atoms with Crippen LogP contribution in [0, 0.1) is 0 Å². The highest BCUT2D eigenvalue weighted by molar-refractivity contribution is 7.27. The number of amides is 1. The molecule has 0 aliphatic heterocycles. The monoisotopic (exact) mass is 425 g/mol. The first-order chi connectivity index (χ1) is 13.6. The molecule has 0 heterocycles. The zero-order valence-electron chi connectivity index (χ0n) is 15.8. The van der Waals surface area contributed by atoms with Crippen LogP contribution in [0.3, 0.4) is 0 Å². The molecule has 1 amide bonds. The fourth-order valence-corrected chi connectivity index (χ4v) is 3.96. The van der Waals surface area contributed by atoms with E-state index >= 15 is 0 Å². The summed E-state index contributed by atoms with van der Waals surface area (Å²) in [6.07, 6.45) is 1.78. The van der Waals surface area contributed by atoms with Gasteiger partial charge in [0.05, 0.1) is 0 Å². The molecule has 0 radical (unpaired) electrons. The molecule has 0 saturated heterocycles. The standard InChI is InChI=1S/C23H26NOP3/c25-23(24(13-15-26)14-16-27)21-7-5-19(6-8-21)17-1-3-18(4-2-17)20-9-11-22(28)12-10-20/h1-12H,13-16,26-28H2. The summed E-state index contributed by atoms with van der Waals surface area (Å²) in [5.74, 6) is 0.101. The quantitative estimate of drug-likeness (QED) is 0.502. The van der Waals surface area contributed by atoms with E-state index in [1.807, 2.05) is 29.2 Å². The molecule has 3 atom stereocenters. The van der Waals surface area contributed by atoms with Gasteiger partial charge in [0.25, 0.3) is 5.91 Å². The van der Waals surface area contributed by atoms with Crippen LogP contribution in [-0.2, 0) is 0 Å². The average molecular weight is 425 g/mol. The van der Waals surface area contributed by atoms with E-state index in [1.165, 1.54) is 16.4 Å². The Morgan fingerprint density at radius 3 is 1.39 bits per heavy atom. The smallest absolute Gasteiger partial charge is 0.253 e. The highest BCUT2D eigenvalue weighted by atomic mass is 31.0. The molecule has 3 rings (SSSR count). The van der Waals surface area contributed by atoms with Gasteiger partial charge in [-0.1, -0.05) is 60.7 Å². The van der Waals surface area contributed by atoms with Crippen LogP contribution < -0.4 is 5.30 Å². The first kappa shape index (κ1) is 21.1. The van der Waals surface area contributed by atoms with Crippen molar-refractivity contribution in [3.63, 3.8) is 0 Å². The van der Waals surface area contributed by atoms with Crippen LogP contribution in [0.5, 0.6) is 0 Å². The van der Waals surface area contributed by atoms with Crippen LogP contribution in [0.25, 0.3) is 22.3 Å². The van der Waals surface area contributed by atoms with Crippen LogP contribution in [0.1, 0.15) is 10.4 Å². The molecule has 0 aliphatic carbocycles. The maximum atomic E-state index is 12.7. The Kier molecular flexibility index (Phi) is 7.75. The van der Waals surface area contributed by atoms with Crippen molar-refractivity contribution in [3.8, 4) is 22.3 Å². The summed E-state index contributed by atoms with van der Waals surface area (Å²) in [5.41, 5.74) is 5.42. The Balaban J connectivity index is 1.76. The van der Waals surface area contributed by atoms with Gasteiger partial charge < -0.3 is 4.90 Å². The Morgan fingerprint density at radius 1 is 0.643 bits per heavy atom. The molecular weight excluding hydrogens is 399 g/mol. The third-order valence-corrected chi connectivity index (χ3v) is 5.58. The zero-order chi connectivity index (χ0) is 19.9. The van der Waals surface area contributed by atoms with E-state index in [9.17, 15) is 4.79 Å². The van der Waals surface area contributed by atoms with Crippen LogP contribution in [0.15, 0.2) is 72.8 Å². The number of carbonyl (C=O) groups is 1. The lowest BCUT2D eigenvalue weighted by molar-refractivity contribution is 0.0776. The summed E-state index contributed by atoms with van der Waals surface area (Å²) in [4.78, 5) is 14.6. The lowest BCUT2D eigenvalue weighted by Crippen LogP contribution is -2.34. The molecule has 0 spiro atoms. The number of benzene rings is 3. The van der Waals surface area contributed by atoms with Crippen LogP contribution in [0.2, 0.25) is 0 Å². The molecule has 3 aromatic carbocycles. The third kappa shape index (κ3) is 5.27. The summed E-state index contributed by atoms with van der Waals surface area (Å²) in [6, 6.07) is 24.9. The minimum Gasteiger partial charge on any atom is -0.338 e. The van der Waals surface area contributed by atoms with Gasteiger partial charge in [-0.15, -0.1) is 27.7 Å². The second kappa shape index (κ2) is 10.3. The zero-order valence-corrected chi connectivity index (χ0v) is 19.3. The molecule has 2 nitrogen and oxygen atoms in total. The van der Waals surface area contributed by atoms with Crippen LogP contribution >= 0.6 is 27.7 Å². The topological polar surface area (TPSA) is 20.3 Å². The van der Waals surface area contributed by atoms with Crippen molar-refractivity contribution in [1.29, 1.82) is 0 Å². The van der Waals surface area contributed by atoms with Gasteiger partial charge in [0, 0.05) is 18.7 Å². The minimum absolute atomic E-state index is 0.101. The van der Waals surface area contributed by atoms with Crippen molar-refractivity contribution < 1.29 is 4.79 Å². The van der Waals surface area contributed by atoms with Crippen molar-refractivity contribution in [3.05, 3.63) is 78.4 Å².